The lowest BCUT2D eigenvalue weighted by atomic mass is 10.1. The van der Waals surface area contributed by atoms with Gasteiger partial charge in [-0.3, -0.25) is 14.7 Å². The second-order valence-electron chi connectivity index (χ2n) is 8.64. The van der Waals surface area contributed by atoms with Crippen molar-refractivity contribution in [1.29, 1.82) is 0 Å². The minimum Gasteiger partial charge on any atom is -0.391 e. The summed E-state index contributed by atoms with van der Waals surface area (Å²) in [5, 5.41) is 24.0. The number of nitrogens with zero attached hydrogens (tertiary/aromatic N) is 2. The summed E-state index contributed by atoms with van der Waals surface area (Å²) in [6, 6.07) is 4.63. The van der Waals surface area contributed by atoms with Crippen molar-refractivity contribution in [3.63, 3.8) is 0 Å². The number of aliphatic hydroxyl groups excluding tert-OH is 1. The van der Waals surface area contributed by atoms with Crippen molar-refractivity contribution in [2.24, 2.45) is 5.92 Å². The first-order valence-electron chi connectivity index (χ1n) is 11.4. The number of H-pyrrole nitrogens is 2. The Hall–Kier alpha value is -3.86. The molecule has 0 bridgehead atoms. The minimum atomic E-state index is -4.75. The molecule has 6 N–H and O–H groups in total. The molecule has 200 valence electrons. The number of aromatic amines is 2. The molecule has 0 aliphatic carbocycles. The molecule has 14 heteroatoms. The van der Waals surface area contributed by atoms with Gasteiger partial charge in [-0.05, 0) is 17.7 Å². The summed E-state index contributed by atoms with van der Waals surface area (Å²) >= 11 is 6.26. The van der Waals surface area contributed by atoms with E-state index in [1.807, 2.05) is 0 Å². The van der Waals surface area contributed by atoms with Crippen LogP contribution in [0, 0.1) is 18.3 Å². The smallest absolute Gasteiger partial charge is 0.391 e. The molecule has 1 aliphatic rings. The zero-order valence-electron chi connectivity index (χ0n) is 19.7. The van der Waals surface area contributed by atoms with Gasteiger partial charge in [0.05, 0.1) is 46.3 Å². The third-order valence-electron chi connectivity index (χ3n) is 6.01. The summed E-state index contributed by atoms with van der Waals surface area (Å²) in [7, 11) is 0. The number of halogens is 4. The number of benzene rings is 1. The lowest BCUT2D eigenvalue weighted by Gasteiger charge is -2.15. The minimum absolute atomic E-state index is 0.0122. The highest BCUT2D eigenvalue weighted by Gasteiger charge is 2.39. The van der Waals surface area contributed by atoms with Gasteiger partial charge in [0.15, 0.2) is 11.5 Å². The number of aromatic nitrogens is 4. The number of hydrogen-bond acceptors (Lipinski definition) is 6. The summed E-state index contributed by atoms with van der Waals surface area (Å²) in [4.78, 5) is 31.5. The molecule has 3 aromatic rings. The molecule has 0 saturated carbocycles. The Morgan fingerprint density at radius 2 is 2.03 bits per heavy atom. The van der Waals surface area contributed by atoms with Crippen LogP contribution >= 0.6 is 11.6 Å². The van der Waals surface area contributed by atoms with Crippen LogP contribution in [0.5, 0.6) is 0 Å². The largest absolute Gasteiger partial charge is 0.435 e. The second-order valence-corrected chi connectivity index (χ2v) is 9.05. The van der Waals surface area contributed by atoms with E-state index in [1.54, 1.807) is 6.07 Å². The number of terminal acetylenes is 1. The number of β-amino-alcohol motifs (C(OH)–C–C–N with tert-alkyl or cyclic N) is 1. The van der Waals surface area contributed by atoms with Crippen LogP contribution in [-0.4, -0.2) is 62.8 Å². The van der Waals surface area contributed by atoms with Crippen LogP contribution < -0.4 is 16.0 Å². The van der Waals surface area contributed by atoms with E-state index in [-0.39, 0.29) is 52.2 Å². The number of aliphatic hydroxyl groups is 1. The number of alkyl halides is 3. The monoisotopic (exact) mass is 549 g/mol. The Labute approximate surface area is 219 Å². The van der Waals surface area contributed by atoms with Crippen LogP contribution in [0.3, 0.4) is 0 Å². The van der Waals surface area contributed by atoms with E-state index in [2.05, 4.69) is 42.0 Å². The summed E-state index contributed by atoms with van der Waals surface area (Å²) in [6.07, 6.45) is 0.934. The number of hydrogen-bond donors (Lipinski definition) is 6. The summed E-state index contributed by atoms with van der Waals surface area (Å²) in [6.45, 7) is 1.38. The van der Waals surface area contributed by atoms with Crippen molar-refractivity contribution in [2.45, 2.75) is 25.2 Å². The van der Waals surface area contributed by atoms with Gasteiger partial charge in [-0.1, -0.05) is 17.7 Å². The Kier molecular flexibility index (Phi) is 8.05. The van der Waals surface area contributed by atoms with Gasteiger partial charge in [-0.2, -0.15) is 18.3 Å². The summed E-state index contributed by atoms with van der Waals surface area (Å²) < 4.78 is 40.2. The molecule has 1 saturated heterocycles. The molecule has 2 amide bonds. The van der Waals surface area contributed by atoms with E-state index in [0.29, 0.717) is 25.2 Å². The van der Waals surface area contributed by atoms with Crippen molar-refractivity contribution >= 4 is 23.4 Å². The fraction of sp³-hybridized carbons (Fsp3) is 0.333. The Morgan fingerprint density at radius 1 is 1.24 bits per heavy atom. The maximum Gasteiger partial charge on any atom is 0.435 e. The maximum atomic E-state index is 13.4. The fourth-order valence-corrected chi connectivity index (χ4v) is 4.32. The van der Waals surface area contributed by atoms with Crippen molar-refractivity contribution in [1.82, 2.24) is 36.1 Å². The van der Waals surface area contributed by atoms with Gasteiger partial charge in [0.2, 0.25) is 0 Å². The predicted octanol–water partition coefficient (Wildman–Crippen LogP) is 1.89. The average molecular weight is 550 g/mol. The van der Waals surface area contributed by atoms with Crippen LogP contribution in [0.1, 0.15) is 37.9 Å². The lowest BCUT2D eigenvalue weighted by molar-refractivity contribution is -0.140. The SMILES string of the molecule is C#CCc1[nH]nc(C(F)(F)F)c1-c1cnc(C(=O)NCc2ccc(C(=O)NC[C@@H]3CNC[C@@H]3O)c(Cl)c2)[nH]1. The highest BCUT2D eigenvalue weighted by atomic mass is 35.5. The molecule has 1 aromatic carbocycles. The quantitative estimate of drug-likeness (QED) is 0.236. The average Bonchev–Trinajstić information content (AvgIpc) is 3.60. The van der Waals surface area contributed by atoms with Gasteiger partial charge in [-0.25, -0.2) is 4.98 Å². The molecule has 2 aromatic heterocycles. The van der Waals surface area contributed by atoms with Crippen LogP contribution in [-0.2, 0) is 19.1 Å². The van der Waals surface area contributed by atoms with Gasteiger partial charge >= 0.3 is 6.18 Å². The summed E-state index contributed by atoms with van der Waals surface area (Å²) in [5.41, 5.74) is -0.672. The van der Waals surface area contributed by atoms with Gasteiger partial charge in [0.25, 0.3) is 11.8 Å². The van der Waals surface area contributed by atoms with E-state index in [1.165, 1.54) is 12.1 Å². The standard InChI is InChI=1S/C24H23ClF3N7O3/c1-2-3-16-19(20(35-34-16)24(26,27)28)17-10-30-21(33-17)23(38)31-7-12-4-5-14(15(25)6-12)22(37)32-9-13-8-29-11-18(13)36/h1,4-6,10,13,18,29,36H,3,7-9,11H2,(H,30,33)(H,31,38)(H,32,37)(H,34,35)/t13-,18-/m0/s1. The molecule has 1 aliphatic heterocycles. The van der Waals surface area contributed by atoms with Gasteiger partial charge in [-0.15, -0.1) is 12.3 Å². The number of rotatable bonds is 8. The molecule has 2 atom stereocenters. The second kappa shape index (κ2) is 11.3. The first kappa shape index (κ1) is 27.2. The van der Waals surface area contributed by atoms with Crippen molar-refractivity contribution < 1.29 is 27.9 Å². The Morgan fingerprint density at radius 3 is 2.68 bits per heavy atom. The highest BCUT2D eigenvalue weighted by Crippen LogP contribution is 2.37. The topological polar surface area (TPSA) is 148 Å². The molecule has 10 nitrogen and oxygen atoms in total. The molecule has 0 spiro atoms. The Balaban J connectivity index is 1.39. The fourth-order valence-electron chi connectivity index (χ4n) is 4.03. The van der Waals surface area contributed by atoms with Crippen molar-refractivity contribution in [2.75, 3.05) is 19.6 Å². The molecule has 38 heavy (non-hydrogen) atoms. The molecule has 0 radical (unpaired) electrons. The van der Waals surface area contributed by atoms with Crippen molar-refractivity contribution in [3.05, 3.63) is 57.8 Å². The maximum absolute atomic E-state index is 13.4. The van der Waals surface area contributed by atoms with Crippen LogP contribution in [0.2, 0.25) is 5.02 Å². The predicted molar refractivity (Wildman–Crippen MR) is 131 cm³/mol. The van der Waals surface area contributed by atoms with Crippen LogP contribution in [0.25, 0.3) is 11.3 Å². The summed E-state index contributed by atoms with van der Waals surface area (Å²) in [5.74, 6) is 0.889. The Bertz CT molecular complexity index is 1380. The number of imidazole rings is 1. The third kappa shape index (κ3) is 5.99. The zero-order chi connectivity index (χ0) is 27.4. The van der Waals surface area contributed by atoms with Crippen LogP contribution in [0.4, 0.5) is 13.2 Å². The van der Waals surface area contributed by atoms with Gasteiger partial charge in [0, 0.05) is 32.1 Å². The van der Waals surface area contributed by atoms with E-state index in [0.717, 1.165) is 6.20 Å². The molecular formula is C24H23ClF3N7O3. The zero-order valence-corrected chi connectivity index (χ0v) is 20.5. The molecular weight excluding hydrogens is 527 g/mol. The van der Waals surface area contributed by atoms with Gasteiger partial charge < -0.3 is 26.0 Å². The number of nitrogens with one attached hydrogen (secondary N) is 5. The van der Waals surface area contributed by atoms with Gasteiger partial charge in [0.1, 0.15) is 0 Å². The van der Waals surface area contributed by atoms with E-state index < -0.39 is 29.8 Å². The molecule has 4 rings (SSSR count). The lowest BCUT2D eigenvalue weighted by Crippen LogP contribution is -2.34. The van der Waals surface area contributed by atoms with E-state index in [9.17, 15) is 27.9 Å². The molecule has 1 fully saturated rings. The highest BCUT2D eigenvalue weighted by molar-refractivity contribution is 6.33. The number of carbonyl (C=O) groups is 2. The van der Waals surface area contributed by atoms with E-state index >= 15 is 0 Å². The number of carbonyl (C=O) groups excluding carboxylic acids is 2. The normalized spacial score (nSPS) is 17.3. The van der Waals surface area contributed by atoms with E-state index in [4.69, 9.17) is 18.0 Å². The molecule has 3 heterocycles. The van der Waals surface area contributed by atoms with Crippen LogP contribution in [0.15, 0.2) is 24.4 Å². The van der Waals surface area contributed by atoms with Crippen molar-refractivity contribution in [3.8, 4) is 23.6 Å². The molecule has 0 unspecified atom stereocenters. The first-order valence-corrected chi connectivity index (χ1v) is 11.8. The third-order valence-corrected chi connectivity index (χ3v) is 6.32. The number of amides is 2. The first-order chi connectivity index (χ1) is 18.1.